The number of hydrogen-bond acceptors (Lipinski definition) is 4. The van der Waals surface area contributed by atoms with E-state index in [0.29, 0.717) is 12.8 Å². The molecular formula is C14H21FN2O3S. The largest absolute Gasteiger partial charge is 0.395 e. The second-order valence-electron chi connectivity index (χ2n) is 5.30. The molecule has 7 heteroatoms. The molecule has 0 aromatic heterocycles. The van der Waals surface area contributed by atoms with Crippen molar-refractivity contribution in [2.75, 3.05) is 33.3 Å². The van der Waals surface area contributed by atoms with Gasteiger partial charge < -0.3 is 10.0 Å². The third-order valence-electron chi connectivity index (χ3n) is 3.84. The predicted octanol–water partition coefficient (Wildman–Crippen LogP) is 0.903. The van der Waals surface area contributed by atoms with E-state index in [-0.39, 0.29) is 24.1 Å². The van der Waals surface area contributed by atoms with Gasteiger partial charge in [-0.2, -0.15) is 4.31 Å². The Kier molecular flexibility index (Phi) is 5.32. The maximum absolute atomic E-state index is 13.8. The van der Waals surface area contributed by atoms with Crippen LogP contribution in [0.3, 0.4) is 0 Å². The van der Waals surface area contributed by atoms with E-state index in [1.165, 1.54) is 22.5 Å². The number of benzene rings is 1. The van der Waals surface area contributed by atoms with E-state index < -0.39 is 15.8 Å². The number of sulfonamides is 1. The molecule has 1 saturated heterocycles. The molecule has 0 amide bonds. The third kappa shape index (κ3) is 3.60. The molecule has 0 unspecified atom stereocenters. The summed E-state index contributed by atoms with van der Waals surface area (Å²) in [6, 6.07) is 5.17. The molecule has 1 aromatic rings. The molecule has 2 rings (SSSR count). The fraction of sp³-hybridized carbons (Fsp3) is 0.571. The summed E-state index contributed by atoms with van der Waals surface area (Å²) >= 11 is 0. The number of hydrogen-bond donors (Lipinski definition) is 1. The van der Waals surface area contributed by atoms with Crippen LogP contribution >= 0.6 is 0 Å². The monoisotopic (exact) mass is 316 g/mol. The van der Waals surface area contributed by atoms with E-state index in [4.69, 9.17) is 0 Å². The van der Waals surface area contributed by atoms with Gasteiger partial charge in [-0.3, -0.25) is 0 Å². The zero-order chi connectivity index (χ0) is 15.5. The second-order valence-corrected chi connectivity index (χ2v) is 7.16. The van der Waals surface area contributed by atoms with E-state index in [2.05, 4.69) is 4.90 Å². The minimum absolute atomic E-state index is 0.00888. The van der Waals surface area contributed by atoms with Gasteiger partial charge in [0.15, 0.2) is 0 Å². The molecule has 0 saturated carbocycles. The lowest BCUT2D eigenvalue weighted by Crippen LogP contribution is -2.47. The normalized spacial score (nSPS) is 18.3. The number of piperidine rings is 1. The zero-order valence-corrected chi connectivity index (χ0v) is 12.9. The molecule has 0 spiro atoms. The van der Waals surface area contributed by atoms with Crippen molar-refractivity contribution >= 4 is 10.0 Å². The molecule has 1 fully saturated rings. The molecule has 5 nitrogen and oxygen atoms in total. The van der Waals surface area contributed by atoms with Gasteiger partial charge in [0.25, 0.3) is 0 Å². The molecule has 1 aromatic carbocycles. The number of rotatable bonds is 5. The van der Waals surface area contributed by atoms with Crippen molar-refractivity contribution in [3.05, 3.63) is 30.1 Å². The zero-order valence-electron chi connectivity index (χ0n) is 12.1. The molecular weight excluding hydrogens is 295 g/mol. The van der Waals surface area contributed by atoms with Crippen molar-refractivity contribution in [1.29, 1.82) is 0 Å². The molecule has 1 aliphatic rings. The molecule has 1 heterocycles. The number of halogens is 1. The fourth-order valence-electron chi connectivity index (χ4n) is 2.66. The minimum Gasteiger partial charge on any atom is -0.395 e. The van der Waals surface area contributed by atoms with Crippen LogP contribution in [0.15, 0.2) is 29.2 Å². The smallest absolute Gasteiger partial charge is 0.246 e. The van der Waals surface area contributed by atoms with Crippen LogP contribution < -0.4 is 0 Å². The van der Waals surface area contributed by atoms with Gasteiger partial charge in [-0.1, -0.05) is 12.1 Å². The molecule has 0 atom stereocenters. The van der Waals surface area contributed by atoms with Crippen LogP contribution in [0.25, 0.3) is 0 Å². The Labute approximate surface area is 125 Å². The highest BCUT2D eigenvalue weighted by atomic mass is 32.2. The molecule has 21 heavy (non-hydrogen) atoms. The Hall–Kier alpha value is -1.02. The number of likely N-dealkylation sites (tertiary alicyclic amines) is 1. The van der Waals surface area contributed by atoms with Crippen molar-refractivity contribution in [3.63, 3.8) is 0 Å². The van der Waals surface area contributed by atoms with Crippen molar-refractivity contribution in [2.24, 2.45) is 0 Å². The van der Waals surface area contributed by atoms with E-state index in [1.807, 2.05) is 7.05 Å². The lowest BCUT2D eigenvalue weighted by Gasteiger charge is -2.36. The Morgan fingerprint density at radius 1 is 1.33 bits per heavy atom. The van der Waals surface area contributed by atoms with Crippen LogP contribution in [-0.4, -0.2) is 62.1 Å². The standard InChI is InChI=1S/C14H21FN2O3S/c1-16-8-6-12(7-9-16)17(10-11-18)21(19,20)14-5-3-2-4-13(14)15/h2-5,12,18H,6-11H2,1H3. The van der Waals surface area contributed by atoms with Crippen LogP contribution in [0.1, 0.15) is 12.8 Å². The topological polar surface area (TPSA) is 60.9 Å². The van der Waals surface area contributed by atoms with Gasteiger partial charge in [0.1, 0.15) is 10.7 Å². The first-order valence-corrected chi connectivity index (χ1v) is 8.46. The fourth-order valence-corrected chi connectivity index (χ4v) is 4.40. The first kappa shape index (κ1) is 16.4. The van der Waals surface area contributed by atoms with E-state index >= 15 is 0 Å². The second kappa shape index (κ2) is 6.83. The lowest BCUT2D eigenvalue weighted by molar-refractivity contribution is 0.161. The molecule has 1 aliphatic heterocycles. The predicted molar refractivity (Wildman–Crippen MR) is 77.9 cm³/mol. The average molecular weight is 316 g/mol. The highest BCUT2D eigenvalue weighted by molar-refractivity contribution is 7.89. The first-order valence-electron chi connectivity index (χ1n) is 7.02. The average Bonchev–Trinajstić information content (AvgIpc) is 2.46. The lowest BCUT2D eigenvalue weighted by atomic mass is 10.1. The van der Waals surface area contributed by atoms with Gasteiger partial charge in [0.05, 0.1) is 6.61 Å². The van der Waals surface area contributed by atoms with Gasteiger partial charge in [-0.05, 0) is 45.1 Å². The van der Waals surface area contributed by atoms with Crippen molar-refractivity contribution in [1.82, 2.24) is 9.21 Å². The van der Waals surface area contributed by atoms with Crippen LogP contribution in [0.5, 0.6) is 0 Å². The highest BCUT2D eigenvalue weighted by Crippen LogP contribution is 2.25. The molecule has 0 radical (unpaired) electrons. The summed E-state index contributed by atoms with van der Waals surface area (Å²) in [6.07, 6.45) is 1.37. The Morgan fingerprint density at radius 3 is 2.52 bits per heavy atom. The molecule has 0 aliphatic carbocycles. The van der Waals surface area contributed by atoms with Crippen molar-refractivity contribution in [3.8, 4) is 0 Å². The summed E-state index contributed by atoms with van der Waals surface area (Å²) in [5.41, 5.74) is 0. The van der Waals surface area contributed by atoms with Gasteiger partial charge in [-0.25, -0.2) is 12.8 Å². The highest BCUT2D eigenvalue weighted by Gasteiger charge is 2.34. The SMILES string of the molecule is CN1CCC(N(CCO)S(=O)(=O)c2ccccc2F)CC1. The summed E-state index contributed by atoms with van der Waals surface area (Å²) in [5.74, 6) is -0.756. The molecule has 0 bridgehead atoms. The Balaban J connectivity index is 2.31. The quantitative estimate of drug-likeness (QED) is 0.877. The summed E-state index contributed by atoms with van der Waals surface area (Å²) < 4.78 is 40.5. The van der Waals surface area contributed by atoms with Gasteiger partial charge >= 0.3 is 0 Å². The van der Waals surface area contributed by atoms with E-state index in [0.717, 1.165) is 19.2 Å². The number of nitrogens with zero attached hydrogens (tertiary/aromatic N) is 2. The number of aliphatic hydroxyl groups is 1. The number of aliphatic hydroxyl groups excluding tert-OH is 1. The Morgan fingerprint density at radius 2 is 1.95 bits per heavy atom. The Bertz CT molecular complexity index is 571. The molecule has 118 valence electrons. The van der Waals surface area contributed by atoms with E-state index in [9.17, 15) is 17.9 Å². The van der Waals surface area contributed by atoms with Gasteiger partial charge in [-0.15, -0.1) is 0 Å². The van der Waals surface area contributed by atoms with Crippen LogP contribution in [0.4, 0.5) is 4.39 Å². The summed E-state index contributed by atoms with van der Waals surface area (Å²) in [6.45, 7) is 1.30. The van der Waals surface area contributed by atoms with Gasteiger partial charge in [0, 0.05) is 12.6 Å². The summed E-state index contributed by atoms with van der Waals surface area (Å²) in [7, 11) is -1.95. The third-order valence-corrected chi connectivity index (χ3v) is 5.82. The van der Waals surface area contributed by atoms with Crippen molar-refractivity contribution < 1.29 is 17.9 Å². The minimum atomic E-state index is -3.93. The maximum Gasteiger partial charge on any atom is 0.246 e. The maximum atomic E-state index is 13.8. The van der Waals surface area contributed by atoms with Crippen molar-refractivity contribution in [2.45, 2.75) is 23.8 Å². The van der Waals surface area contributed by atoms with Gasteiger partial charge in [0.2, 0.25) is 10.0 Å². The summed E-state index contributed by atoms with van der Waals surface area (Å²) in [5, 5.41) is 9.19. The van der Waals surface area contributed by atoms with Crippen LogP contribution in [0.2, 0.25) is 0 Å². The first-order chi connectivity index (χ1) is 9.96. The molecule has 1 N–H and O–H groups in total. The van der Waals surface area contributed by atoms with E-state index in [1.54, 1.807) is 0 Å². The summed E-state index contributed by atoms with van der Waals surface area (Å²) in [4.78, 5) is 1.81. The van der Waals surface area contributed by atoms with Crippen LogP contribution in [0, 0.1) is 5.82 Å². The van der Waals surface area contributed by atoms with Crippen LogP contribution in [-0.2, 0) is 10.0 Å².